The molecule has 3 N–H and O–H groups in total. The summed E-state index contributed by atoms with van der Waals surface area (Å²) in [6.45, 7) is 3.75. The van der Waals surface area contributed by atoms with Crippen LogP contribution in [0.25, 0.3) is 0 Å². The summed E-state index contributed by atoms with van der Waals surface area (Å²) in [7, 11) is 0. The minimum Gasteiger partial charge on any atom is -0.271 e. The van der Waals surface area contributed by atoms with Gasteiger partial charge in [-0.25, -0.2) is 0 Å². The van der Waals surface area contributed by atoms with E-state index in [0.29, 0.717) is 6.04 Å². The second-order valence-corrected chi connectivity index (χ2v) is 6.01. The van der Waals surface area contributed by atoms with Crippen LogP contribution >= 0.6 is 11.8 Å². The lowest BCUT2D eigenvalue weighted by Crippen LogP contribution is -2.37. The normalized spacial score (nSPS) is 19.6. The fraction of sp³-hybridized carbons (Fsp3) is 0.846. The number of nitrogens with two attached hydrogens (primary N) is 1. The van der Waals surface area contributed by atoms with Gasteiger partial charge in [0.2, 0.25) is 0 Å². The van der Waals surface area contributed by atoms with E-state index in [4.69, 9.17) is 5.84 Å². The lowest BCUT2D eigenvalue weighted by molar-refractivity contribution is 0.505. The van der Waals surface area contributed by atoms with Gasteiger partial charge in [-0.05, 0) is 32.1 Å². The summed E-state index contributed by atoms with van der Waals surface area (Å²) >= 11 is 2.12. The molecule has 1 aliphatic carbocycles. The van der Waals surface area contributed by atoms with E-state index in [1.54, 1.807) is 0 Å². The average Bonchev–Trinajstić information content (AvgIpc) is 2.35. The molecular weight excluding hydrogens is 216 g/mol. The van der Waals surface area contributed by atoms with E-state index < -0.39 is 0 Å². The number of rotatable bonds is 8. The van der Waals surface area contributed by atoms with Gasteiger partial charge in [-0.1, -0.05) is 25.3 Å². The van der Waals surface area contributed by atoms with Gasteiger partial charge < -0.3 is 0 Å². The van der Waals surface area contributed by atoms with Crippen LogP contribution in [0.1, 0.15) is 51.4 Å². The van der Waals surface area contributed by atoms with E-state index in [-0.39, 0.29) is 0 Å². The van der Waals surface area contributed by atoms with Gasteiger partial charge in [0.15, 0.2) is 0 Å². The quantitative estimate of drug-likeness (QED) is 0.297. The number of unbranched alkanes of at least 4 members (excludes halogenated alkanes) is 1. The highest BCUT2D eigenvalue weighted by molar-refractivity contribution is 7.99. The number of nitrogens with one attached hydrogen (secondary N) is 1. The zero-order valence-corrected chi connectivity index (χ0v) is 11.1. The third kappa shape index (κ3) is 5.92. The summed E-state index contributed by atoms with van der Waals surface area (Å²) in [5, 5.41) is 0.893. The van der Waals surface area contributed by atoms with Crippen LogP contribution in [-0.4, -0.2) is 17.0 Å². The Hall–Kier alpha value is 0.01000. The zero-order valence-electron chi connectivity index (χ0n) is 10.3. The molecule has 16 heavy (non-hydrogen) atoms. The molecule has 1 aliphatic rings. The Bertz CT molecular complexity index is 179. The van der Waals surface area contributed by atoms with Gasteiger partial charge >= 0.3 is 0 Å². The van der Waals surface area contributed by atoms with Crippen molar-refractivity contribution >= 4 is 11.8 Å². The summed E-state index contributed by atoms with van der Waals surface area (Å²) in [6, 6.07) is 0.479. The second-order valence-electron chi connectivity index (χ2n) is 4.68. The monoisotopic (exact) mass is 242 g/mol. The molecule has 0 saturated heterocycles. The first kappa shape index (κ1) is 14.1. The predicted octanol–water partition coefficient (Wildman–Crippen LogP) is 3.24. The van der Waals surface area contributed by atoms with Gasteiger partial charge in [0.05, 0.1) is 0 Å². The Kier molecular flexibility index (Phi) is 7.99. The highest BCUT2D eigenvalue weighted by Gasteiger charge is 2.15. The average molecular weight is 242 g/mol. The van der Waals surface area contributed by atoms with Crippen LogP contribution in [0.3, 0.4) is 0 Å². The maximum atomic E-state index is 5.58. The van der Waals surface area contributed by atoms with Crippen molar-refractivity contribution in [3.63, 3.8) is 0 Å². The Labute approximate surface area is 104 Å². The summed E-state index contributed by atoms with van der Waals surface area (Å²) in [5.74, 6) is 6.75. The van der Waals surface area contributed by atoms with Gasteiger partial charge in [-0.2, -0.15) is 11.8 Å². The van der Waals surface area contributed by atoms with E-state index in [0.717, 1.165) is 17.4 Å². The van der Waals surface area contributed by atoms with E-state index in [1.165, 1.54) is 44.9 Å². The van der Waals surface area contributed by atoms with Gasteiger partial charge in [-0.15, -0.1) is 6.58 Å². The summed E-state index contributed by atoms with van der Waals surface area (Å²) < 4.78 is 0. The molecule has 3 heteroatoms. The van der Waals surface area contributed by atoms with Crippen LogP contribution in [0.15, 0.2) is 12.7 Å². The van der Waals surface area contributed by atoms with Crippen molar-refractivity contribution in [2.24, 2.45) is 5.84 Å². The molecule has 94 valence electrons. The van der Waals surface area contributed by atoms with Crippen LogP contribution < -0.4 is 11.3 Å². The molecule has 0 radical (unpaired) electrons. The molecule has 1 rings (SSSR count). The lowest BCUT2D eigenvalue weighted by Gasteiger charge is -2.23. The number of thioether (sulfide) groups is 1. The van der Waals surface area contributed by atoms with Gasteiger partial charge in [-0.3, -0.25) is 11.3 Å². The lowest BCUT2D eigenvalue weighted by atomic mass is 10.0. The summed E-state index contributed by atoms with van der Waals surface area (Å²) in [6.07, 6.45) is 12.6. The molecule has 0 heterocycles. The molecule has 0 spiro atoms. The van der Waals surface area contributed by atoms with E-state index in [2.05, 4.69) is 23.8 Å². The number of allylic oxidation sites excluding steroid dienone is 1. The van der Waals surface area contributed by atoms with Crippen molar-refractivity contribution in [3.05, 3.63) is 12.7 Å². The summed E-state index contributed by atoms with van der Waals surface area (Å²) in [5.41, 5.74) is 2.95. The smallest absolute Gasteiger partial charge is 0.0301 e. The molecular formula is C13H26N2S. The molecule has 0 aromatic carbocycles. The van der Waals surface area contributed by atoms with Gasteiger partial charge in [0, 0.05) is 17.0 Å². The minimum absolute atomic E-state index is 0.479. The summed E-state index contributed by atoms with van der Waals surface area (Å²) in [4.78, 5) is 0. The van der Waals surface area contributed by atoms with Crippen molar-refractivity contribution in [2.45, 2.75) is 62.7 Å². The predicted molar refractivity (Wildman–Crippen MR) is 74.5 cm³/mol. The maximum Gasteiger partial charge on any atom is 0.0301 e. The standard InChI is InChI=1S/C13H26N2S/c1-2-3-5-8-12(15-14)11-16-13-9-6-4-7-10-13/h2,12-13,15H,1,3-11,14H2. The molecule has 0 amide bonds. The van der Waals surface area contributed by atoms with Crippen molar-refractivity contribution in [3.8, 4) is 0 Å². The van der Waals surface area contributed by atoms with E-state index in [1.807, 2.05) is 6.08 Å². The molecule has 1 unspecified atom stereocenters. The highest BCUT2D eigenvalue weighted by Crippen LogP contribution is 2.28. The third-order valence-electron chi connectivity index (χ3n) is 3.28. The van der Waals surface area contributed by atoms with Gasteiger partial charge in [0.1, 0.15) is 0 Å². The Morgan fingerprint density at radius 2 is 2.12 bits per heavy atom. The van der Waals surface area contributed by atoms with Crippen molar-refractivity contribution < 1.29 is 0 Å². The highest BCUT2D eigenvalue weighted by atomic mass is 32.2. The van der Waals surface area contributed by atoms with E-state index >= 15 is 0 Å². The molecule has 0 bridgehead atoms. The van der Waals surface area contributed by atoms with Crippen LogP contribution in [0.4, 0.5) is 0 Å². The second kappa shape index (κ2) is 9.08. The van der Waals surface area contributed by atoms with Crippen molar-refractivity contribution in [2.75, 3.05) is 5.75 Å². The fourth-order valence-electron chi connectivity index (χ4n) is 2.21. The first-order chi connectivity index (χ1) is 7.86. The van der Waals surface area contributed by atoms with Crippen LogP contribution in [0.5, 0.6) is 0 Å². The largest absolute Gasteiger partial charge is 0.271 e. The molecule has 0 aromatic heterocycles. The Balaban J connectivity index is 2.09. The molecule has 0 aromatic rings. The number of hydrazine groups is 1. The maximum absolute atomic E-state index is 5.58. The van der Waals surface area contributed by atoms with E-state index in [9.17, 15) is 0 Å². The first-order valence-corrected chi connectivity index (χ1v) is 7.60. The third-order valence-corrected chi connectivity index (χ3v) is 4.82. The van der Waals surface area contributed by atoms with Crippen molar-refractivity contribution in [1.82, 2.24) is 5.43 Å². The molecule has 1 fully saturated rings. The molecule has 0 aliphatic heterocycles. The molecule has 2 nitrogen and oxygen atoms in total. The number of hydrogen-bond acceptors (Lipinski definition) is 3. The molecule has 1 saturated carbocycles. The Morgan fingerprint density at radius 3 is 2.75 bits per heavy atom. The fourth-order valence-corrected chi connectivity index (χ4v) is 3.64. The van der Waals surface area contributed by atoms with Crippen LogP contribution in [-0.2, 0) is 0 Å². The molecule has 1 atom stereocenters. The van der Waals surface area contributed by atoms with Crippen LogP contribution in [0, 0.1) is 0 Å². The topological polar surface area (TPSA) is 38.0 Å². The van der Waals surface area contributed by atoms with Gasteiger partial charge in [0.25, 0.3) is 0 Å². The van der Waals surface area contributed by atoms with Crippen LogP contribution in [0.2, 0.25) is 0 Å². The Morgan fingerprint density at radius 1 is 1.38 bits per heavy atom. The van der Waals surface area contributed by atoms with Crippen molar-refractivity contribution in [1.29, 1.82) is 0 Å². The first-order valence-electron chi connectivity index (χ1n) is 6.55. The zero-order chi connectivity index (χ0) is 11.6. The SMILES string of the molecule is C=CCCCC(CSC1CCCCC1)NN. The minimum atomic E-state index is 0.479. The number of hydrogen-bond donors (Lipinski definition) is 2.